The van der Waals surface area contributed by atoms with Gasteiger partial charge >= 0.3 is 0 Å². The Bertz CT molecular complexity index is 307. The van der Waals surface area contributed by atoms with Gasteiger partial charge in [-0.05, 0) is 22.6 Å². The summed E-state index contributed by atoms with van der Waals surface area (Å²) in [7, 11) is 1.40. The lowest BCUT2D eigenvalue weighted by Gasteiger charge is -1.97. The molecule has 1 aromatic heterocycles. The SMILES string of the molecule is Cn1c(F)cc(I)cc1=O. The summed E-state index contributed by atoms with van der Waals surface area (Å²) in [5.74, 6) is -0.503. The highest BCUT2D eigenvalue weighted by Crippen LogP contribution is 2.01. The Hall–Kier alpha value is -0.390. The van der Waals surface area contributed by atoms with E-state index >= 15 is 0 Å². The molecular weight excluding hydrogens is 248 g/mol. The second-order valence-corrected chi connectivity index (χ2v) is 3.14. The van der Waals surface area contributed by atoms with Crippen LogP contribution in [0.3, 0.4) is 0 Å². The van der Waals surface area contributed by atoms with Crippen LogP contribution < -0.4 is 5.56 Å². The van der Waals surface area contributed by atoms with Crippen LogP contribution in [-0.2, 0) is 7.05 Å². The van der Waals surface area contributed by atoms with Crippen molar-refractivity contribution < 1.29 is 4.39 Å². The smallest absolute Gasteiger partial charge is 0.253 e. The second-order valence-electron chi connectivity index (χ2n) is 1.89. The molecule has 0 spiro atoms. The third-order valence-electron chi connectivity index (χ3n) is 1.17. The van der Waals surface area contributed by atoms with Crippen molar-refractivity contribution in [2.24, 2.45) is 7.05 Å². The van der Waals surface area contributed by atoms with E-state index in [0.29, 0.717) is 3.57 Å². The van der Waals surface area contributed by atoms with Crippen molar-refractivity contribution in [3.8, 4) is 0 Å². The van der Waals surface area contributed by atoms with Crippen molar-refractivity contribution in [2.75, 3.05) is 0 Å². The Morgan fingerprint density at radius 1 is 1.60 bits per heavy atom. The predicted octanol–water partition coefficient (Wildman–Crippen LogP) is 1.13. The normalized spacial score (nSPS) is 9.90. The van der Waals surface area contributed by atoms with Gasteiger partial charge in [0.25, 0.3) is 5.56 Å². The molecule has 4 heteroatoms. The number of rotatable bonds is 0. The highest BCUT2D eigenvalue weighted by molar-refractivity contribution is 14.1. The van der Waals surface area contributed by atoms with Crippen LogP contribution in [0.4, 0.5) is 4.39 Å². The van der Waals surface area contributed by atoms with Crippen molar-refractivity contribution in [1.29, 1.82) is 0 Å². The number of hydrogen-bond donors (Lipinski definition) is 0. The lowest BCUT2D eigenvalue weighted by molar-refractivity contribution is 0.514. The molecule has 0 radical (unpaired) electrons. The molecule has 0 N–H and O–H groups in total. The van der Waals surface area contributed by atoms with E-state index < -0.39 is 5.95 Å². The lowest BCUT2D eigenvalue weighted by atomic mass is 10.5. The van der Waals surface area contributed by atoms with Gasteiger partial charge in [0.15, 0.2) is 5.95 Å². The molecule has 10 heavy (non-hydrogen) atoms. The van der Waals surface area contributed by atoms with Gasteiger partial charge < -0.3 is 0 Å². The second kappa shape index (κ2) is 2.69. The molecule has 0 saturated heterocycles. The van der Waals surface area contributed by atoms with Gasteiger partial charge in [0.2, 0.25) is 0 Å². The van der Waals surface area contributed by atoms with E-state index in [1.54, 1.807) is 0 Å². The van der Waals surface area contributed by atoms with Gasteiger partial charge in [-0.15, -0.1) is 0 Å². The first kappa shape index (κ1) is 7.71. The fraction of sp³-hybridized carbons (Fsp3) is 0.167. The predicted molar refractivity (Wildman–Crippen MR) is 44.4 cm³/mol. The van der Waals surface area contributed by atoms with Gasteiger partial charge in [0.1, 0.15) is 0 Å². The third kappa shape index (κ3) is 1.36. The molecular formula is C6H5FINO. The Labute approximate surface area is 70.8 Å². The highest BCUT2D eigenvalue weighted by Gasteiger charge is 1.98. The average molecular weight is 253 g/mol. The first-order valence-corrected chi connectivity index (χ1v) is 3.71. The van der Waals surface area contributed by atoms with E-state index in [0.717, 1.165) is 4.57 Å². The van der Waals surface area contributed by atoms with Gasteiger partial charge in [-0.2, -0.15) is 4.39 Å². The van der Waals surface area contributed by atoms with Gasteiger partial charge in [-0.25, -0.2) is 0 Å². The fourth-order valence-electron chi connectivity index (χ4n) is 0.572. The summed E-state index contributed by atoms with van der Waals surface area (Å²) in [6, 6.07) is 2.69. The Morgan fingerprint density at radius 3 is 2.70 bits per heavy atom. The molecule has 1 heterocycles. The first-order valence-electron chi connectivity index (χ1n) is 2.63. The van der Waals surface area contributed by atoms with E-state index in [9.17, 15) is 9.18 Å². The zero-order valence-corrected chi connectivity index (χ0v) is 7.42. The van der Waals surface area contributed by atoms with Gasteiger partial charge in [-0.1, -0.05) is 0 Å². The standard InChI is InChI=1S/C6H5FINO/c1-9-5(7)2-4(8)3-6(9)10/h2-3H,1H3. The zero-order chi connectivity index (χ0) is 7.72. The van der Waals surface area contributed by atoms with Gasteiger partial charge in [0, 0.05) is 22.8 Å². The molecule has 54 valence electrons. The van der Waals surface area contributed by atoms with Crippen molar-refractivity contribution in [2.45, 2.75) is 0 Å². The van der Waals surface area contributed by atoms with Gasteiger partial charge in [-0.3, -0.25) is 9.36 Å². The summed E-state index contributed by atoms with van der Waals surface area (Å²) < 4.78 is 14.2. The van der Waals surface area contributed by atoms with Crippen molar-refractivity contribution >= 4 is 22.6 Å². The monoisotopic (exact) mass is 253 g/mol. The summed E-state index contributed by atoms with van der Waals surface area (Å²) in [4.78, 5) is 10.8. The molecule has 0 atom stereocenters. The van der Waals surface area contributed by atoms with E-state index in [2.05, 4.69) is 0 Å². The number of pyridine rings is 1. The number of aromatic nitrogens is 1. The molecule has 1 aromatic rings. The summed E-state index contributed by atoms with van der Waals surface area (Å²) in [5, 5.41) is 0. The van der Waals surface area contributed by atoms with Crippen LogP contribution in [0, 0.1) is 9.52 Å². The Balaban J connectivity index is 3.46. The van der Waals surface area contributed by atoms with Crippen molar-refractivity contribution in [3.05, 3.63) is 32.0 Å². The quantitative estimate of drug-likeness (QED) is 0.501. The molecule has 0 aliphatic carbocycles. The number of halogens is 2. The van der Waals surface area contributed by atoms with E-state index in [-0.39, 0.29) is 5.56 Å². The average Bonchev–Trinajstić information content (AvgIpc) is 1.82. The molecule has 0 aliphatic heterocycles. The maximum absolute atomic E-state index is 12.6. The van der Waals surface area contributed by atoms with E-state index in [1.165, 1.54) is 19.2 Å². The summed E-state index contributed by atoms with van der Waals surface area (Å²) >= 11 is 1.89. The van der Waals surface area contributed by atoms with E-state index in [4.69, 9.17) is 0 Å². The van der Waals surface area contributed by atoms with Crippen LogP contribution in [0.15, 0.2) is 16.9 Å². The minimum Gasteiger partial charge on any atom is -0.288 e. The Kier molecular flexibility index (Phi) is 2.08. The third-order valence-corrected chi connectivity index (χ3v) is 1.79. The summed E-state index contributed by atoms with van der Waals surface area (Å²) in [5.41, 5.74) is -0.315. The topological polar surface area (TPSA) is 22.0 Å². The van der Waals surface area contributed by atoms with Crippen LogP contribution in [0.5, 0.6) is 0 Å². The van der Waals surface area contributed by atoms with Crippen molar-refractivity contribution in [3.63, 3.8) is 0 Å². The highest BCUT2D eigenvalue weighted by atomic mass is 127. The minimum absolute atomic E-state index is 0.315. The molecule has 0 fully saturated rings. The molecule has 0 bridgehead atoms. The molecule has 1 rings (SSSR count). The number of nitrogens with zero attached hydrogens (tertiary/aromatic N) is 1. The summed E-state index contributed by atoms with van der Waals surface area (Å²) in [6.45, 7) is 0. The summed E-state index contributed by atoms with van der Waals surface area (Å²) in [6.07, 6.45) is 0. The number of hydrogen-bond acceptors (Lipinski definition) is 1. The molecule has 0 unspecified atom stereocenters. The largest absolute Gasteiger partial charge is 0.288 e. The van der Waals surface area contributed by atoms with Crippen LogP contribution >= 0.6 is 22.6 Å². The molecule has 0 aliphatic rings. The molecule has 2 nitrogen and oxygen atoms in total. The van der Waals surface area contributed by atoms with Crippen LogP contribution in [0.25, 0.3) is 0 Å². The maximum Gasteiger partial charge on any atom is 0.253 e. The fourth-order valence-corrected chi connectivity index (χ4v) is 1.10. The lowest BCUT2D eigenvalue weighted by Crippen LogP contribution is -2.18. The molecule has 0 saturated carbocycles. The van der Waals surface area contributed by atoms with Gasteiger partial charge in [0.05, 0.1) is 0 Å². The van der Waals surface area contributed by atoms with E-state index in [1.807, 2.05) is 22.6 Å². The zero-order valence-electron chi connectivity index (χ0n) is 5.27. The molecule has 0 aromatic carbocycles. The minimum atomic E-state index is -0.503. The first-order chi connectivity index (χ1) is 4.61. The molecule has 0 amide bonds. The van der Waals surface area contributed by atoms with Crippen LogP contribution in [0.1, 0.15) is 0 Å². The van der Waals surface area contributed by atoms with Crippen molar-refractivity contribution in [1.82, 2.24) is 4.57 Å². The van der Waals surface area contributed by atoms with Crippen LogP contribution in [-0.4, -0.2) is 4.57 Å². The maximum atomic E-state index is 12.6. The van der Waals surface area contributed by atoms with Crippen LogP contribution in [0.2, 0.25) is 0 Å². The Morgan fingerprint density at radius 2 is 2.20 bits per heavy atom.